The fourth-order valence-electron chi connectivity index (χ4n) is 2.10. The van der Waals surface area contributed by atoms with Gasteiger partial charge in [-0.2, -0.15) is 0 Å². The number of hydrogen-bond donors (Lipinski definition) is 2. The summed E-state index contributed by atoms with van der Waals surface area (Å²) in [5.41, 5.74) is 0. The number of nitrogens with zero attached hydrogens (tertiary/aromatic N) is 1. The van der Waals surface area contributed by atoms with Crippen molar-refractivity contribution in [3.05, 3.63) is 0 Å². The van der Waals surface area contributed by atoms with Crippen molar-refractivity contribution in [2.45, 2.75) is 39.2 Å². The first kappa shape index (κ1) is 16.4. The Kier molecular flexibility index (Phi) is 8.79. The van der Waals surface area contributed by atoms with Gasteiger partial charge in [-0.3, -0.25) is 9.69 Å². The normalized spacial score (nSPS) is 18.2. The minimum atomic E-state index is -0.109. The van der Waals surface area contributed by atoms with Crippen molar-refractivity contribution in [1.82, 2.24) is 15.5 Å². The number of hydrogen-bond acceptors (Lipinski definition) is 4. The van der Waals surface area contributed by atoms with E-state index in [0.29, 0.717) is 0 Å². The molecule has 1 heterocycles. The van der Waals surface area contributed by atoms with Crippen LogP contribution in [0.15, 0.2) is 0 Å². The molecule has 0 aromatic rings. The van der Waals surface area contributed by atoms with E-state index in [-0.39, 0.29) is 11.9 Å². The summed E-state index contributed by atoms with van der Waals surface area (Å²) < 4.78 is 5.30. The van der Waals surface area contributed by atoms with Crippen LogP contribution in [0.25, 0.3) is 0 Å². The van der Waals surface area contributed by atoms with Crippen LogP contribution >= 0.6 is 0 Å². The Morgan fingerprint density at radius 2 is 2.00 bits per heavy atom. The maximum absolute atomic E-state index is 11.8. The molecule has 0 saturated carbocycles. The summed E-state index contributed by atoms with van der Waals surface area (Å²) in [5.74, 6) is 0.109. The van der Waals surface area contributed by atoms with Crippen molar-refractivity contribution in [2.24, 2.45) is 0 Å². The van der Waals surface area contributed by atoms with Crippen molar-refractivity contribution in [3.8, 4) is 0 Å². The fourth-order valence-corrected chi connectivity index (χ4v) is 2.10. The summed E-state index contributed by atoms with van der Waals surface area (Å²) >= 11 is 0. The van der Waals surface area contributed by atoms with E-state index < -0.39 is 0 Å². The van der Waals surface area contributed by atoms with Gasteiger partial charge in [-0.25, -0.2) is 0 Å². The predicted molar refractivity (Wildman–Crippen MR) is 77.3 cm³/mol. The minimum absolute atomic E-state index is 0.109. The third-order valence-corrected chi connectivity index (χ3v) is 3.46. The smallest absolute Gasteiger partial charge is 0.236 e. The molecule has 0 bridgehead atoms. The molecule has 5 heteroatoms. The largest absolute Gasteiger partial charge is 0.379 e. The van der Waals surface area contributed by atoms with Crippen LogP contribution in [0.5, 0.6) is 0 Å². The molecule has 112 valence electrons. The first-order chi connectivity index (χ1) is 9.24. The molecular formula is C14H29N3O2. The lowest BCUT2D eigenvalue weighted by Gasteiger charge is -2.27. The van der Waals surface area contributed by atoms with Gasteiger partial charge in [0, 0.05) is 32.7 Å². The zero-order valence-corrected chi connectivity index (χ0v) is 12.4. The van der Waals surface area contributed by atoms with Gasteiger partial charge >= 0.3 is 0 Å². The number of nitrogens with one attached hydrogen (secondary N) is 2. The van der Waals surface area contributed by atoms with Crippen LogP contribution in [0.4, 0.5) is 0 Å². The number of amides is 1. The molecule has 2 N–H and O–H groups in total. The van der Waals surface area contributed by atoms with Gasteiger partial charge in [-0.15, -0.1) is 0 Å². The molecular weight excluding hydrogens is 242 g/mol. The quantitative estimate of drug-likeness (QED) is 0.603. The van der Waals surface area contributed by atoms with Gasteiger partial charge in [0.2, 0.25) is 5.91 Å². The first-order valence-corrected chi connectivity index (χ1v) is 7.55. The van der Waals surface area contributed by atoms with Gasteiger partial charge < -0.3 is 15.4 Å². The van der Waals surface area contributed by atoms with E-state index in [0.717, 1.165) is 52.4 Å². The van der Waals surface area contributed by atoms with Crippen molar-refractivity contribution in [1.29, 1.82) is 0 Å². The lowest BCUT2D eigenvalue weighted by Crippen LogP contribution is -2.46. The van der Waals surface area contributed by atoms with E-state index in [1.54, 1.807) is 0 Å². The number of ether oxygens (including phenoxy) is 1. The second-order valence-corrected chi connectivity index (χ2v) is 5.13. The highest BCUT2D eigenvalue weighted by Crippen LogP contribution is 1.95. The Hall–Kier alpha value is -0.650. The second kappa shape index (κ2) is 10.2. The molecule has 0 aliphatic carbocycles. The average molecular weight is 271 g/mol. The van der Waals surface area contributed by atoms with Crippen LogP contribution in [0.1, 0.15) is 33.1 Å². The standard InChI is InChI=1S/C14H29N3O2/c1-3-4-5-6-16-14(18)13(2)15-7-8-17-9-11-19-12-10-17/h13,15H,3-12H2,1-2H3,(H,16,18). The highest BCUT2D eigenvalue weighted by molar-refractivity contribution is 5.81. The lowest BCUT2D eigenvalue weighted by atomic mass is 10.2. The van der Waals surface area contributed by atoms with Gasteiger partial charge in [-0.1, -0.05) is 19.8 Å². The molecule has 5 nitrogen and oxygen atoms in total. The zero-order valence-electron chi connectivity index (χ0n) is 12.4. The lowest BCUT2D eigenvalue weighted by molar-refractivity contribution is -0.122. The van der Waals surface area contributed by atoms with Crippen molar-refractivity contribution < 1.29 is 9.53 Å². The van der Waals surface area contributed by atoms with Gasteiger partial charge in [0.05, 0.1) is 19.3 Å². The minimum Gasteiger partial charge on any atom is -0.379 e. The predicted octanol–water partition coefficient (Wildman–Crippen LogP) is 0.603. The summed E-state index contributed by atoms with van der Waals surface area (Å²) in [4.78, 5) is 14.1. The van der Waals surface area contributed by atoms with Gasteiger partial charge in [0.25, 0.3) is 0 Å². The SMILES string of the molecule is CCCCCNC(=O)C(C)NCCN1CCOCC1. The fraction of sp³-hybridized carbons (Fsp3) is 0.929. The van der Waals surface area contributed by atoms with Crippen LogP contribution in [-0.2, 0) is 9.53 Å². The Morgan fingerprint density at radius 3 is 2.68 bits per heavy atom. The molecule has 1 aliphatic rings. The third kappa shape index (κ3) is 7.50. The van der Waals surface area contributed by atoms with Crippen LogP contribution in [-0.4, -0.2) is 62.8 Å². The Balaban J connectivity index is 2.02. The first-order valence-electron chi connectivity index (χ1n) is 7.55. The number of rotatable bonds is 9. The summed E-state index contributed by atoms with van der Waals surface area (Å²) in [7, 11) is 0. The molecule has 0 spiro atoms. The van der Waals surface area contributed by atoms with Crippen molar-refractivity contribution in [2.75, 3.05) is 45.9 Å². The number of morpholine rings is 1. The molecule has 1 aliphatic heterocycles. The summed E-state index contributed by atoms with van der Waals surface area (Å²) in [6.45, 7) is 10.4. The van der Waals surface area contributed by atoms with Crippen molar-refractivity contribution >= 4 is 5.91 Å². The highest BCUT2D eigenvalue weighted by Gasteiger charge is 2.13. The third-order valence-electron chi connectivity index (χ3n) is 3.46. The van der Waals surface area contributed by atoms with Crippen LogP contribution in [0, 0.1) is 0 Å². The Morgan fingerprint density at radius 1 is 1.26 bits per heavy atom. The van der Waals surface area contributed by atoms with E-state index in [2.05, 4.69) is 22.5 Å². The Labute approximate surface area is 117 Å². The highest BCUT2D eigenvalue weighted by atomic mass is 16.5. The molecule has 0 aromatic carbocycles. The molecule has 1 saturated heterocycles. The molecule has 1 unspecified atom stereocenters. The molecule has 1 fully saturated rings. The second-order valence-electron chi connectivity index (χ2n) is 5.13. The van der Waals surface area contributed by atoms with E-state index in [1.807, 2.05) is 6.92 Å². The molecule has 1 atom stereocenters. The topological polar surface area (TPSA) is 53.6 Å². The average Bonchev–Trinajstić information content (AvgIpc) is 2.44. The number of carbonyl (C=O) groups is 1. The van der Waals surface area contributed by atoms with E-state index in [9.17, 15) is 4.79 Å². The van der Waals surface area contributed by atoms with E-state index >= 15 is 0 Å². The van der Waals surface area contributed by atoms with Crippen LogP contribution < -0.4 is 10.6 Å². The van der Waals surface area contributed by atoms with Gasteiger partial charge in [-0.05, 0) is 13.3 Å². The molecule has 1 amide bonds. The molecule has 19 heavy (non-hydrogen) atoms. The van der Waals surface area contributed by atoms with Gasteiger partial charge in [0.15, 0.2) is 0 Å². The maximum Gasteiger partial charge on any atom is 0.236 e. The van der Waals surface area contributed by atoms with E-state index in [1.165, 1.54) is 12.8 Å². The monoisotopic (exact) mass is 271 g/mol. The number of unbranched alkanes of at least 4 members (excludes halogenated alkanes) is 2. The zero-order chi connectivity index (χ0) is 13.9. The summed E-state index contributed by atoms with van der Waals surface area (Å²) in [6.07, 6.45) is 3.44. The van der Waals surface area contributed by atoms with Crippen LogP contribution in [0.3, 0.4) is 0 Å². The Bertz CT molecular complexity index is 243. The summed E-state index contributed by atoms with van der Waals surface area (Å²) in [6, 6.07) is -0.109. The summed E-state index contributed by atoms with van der Waals surface area (Å²) in [5, 5.41) is 6.25. The molecule has 1 rings (SSSR count). The van der Waals surface area contributed by atoms with E-state index in [4.69, 9.17) is 4.74 Å². The molecule has 0 radical (unpaired) electrons. The van der Waals surface area contributed by atoms with Crippen molar-refractivity contribution in [3.63, 3.8) is 0 Å². The van der Waals surface area contributed by atoms with Crippen LogP contribution in [0.2, 0.25) is 0 Å². The molecule has 0 aromatic heterocycles. The van der Waals surface area contributed by atoms with Gasteiger partial charge in [0.1, 0.15) is 0 Å². The number of carbonyl (C=O) groups excluding carboxylic acids is 1. The maximum atomic E-state index is 11.8.